The summed E-state index contributed by atoms with van der Waals surface area (Å²) in [6, 6.07) is 7.39. The molecule has 0 saturated carbocycles. The van der Waals surface area contributed by atoms with Gasteiger partial charge in [-0.25, -0.2) is 4.79 Å². The maximum Gasteiger partial charge on any atom is 0.514 e. The van der Waals surface area contributed by atoms with E-state index in [1.165, 1.54) is 5.56 Å². The Hall–Kier alpha value is -1.51. The number of hydrogen-bond acceptors (Lipinski definition) is 3. The van der Waals surface area contributed by atoms with Gasteiger partial charge in [-0.1, -0.05) is 19.1 Å². The van der Waals surface area contributed by atoms with Crippen molar-refractivity contribution >= 4 is 6.16 Å². The van der Waals surface area contributed by atoms with Crippen LogP contribution in [-0.2, 0) is 11.2 Å². The molecule has 0 spiro atoms. The Bertz CT molecular complexity index is 314. The molecular weight excluding hydrogens is 192 g/mol. The van der Waals surface area contributed by atoms with Gasteiger partial charge in [0, 0.05) is 0 Å². The summed E-state index contributed by atoms with van der Waals surface area (Å²) in [6.45, 7) is 5.63. The molecular formula is C12H16O3. The summed E-state index contributed by atoms with van der Waals surface area (Å²) < 4.78 is 9.81. The predicted octanol–water partition coefficient (Wildman–Crippen LogP) is 3.17. The molecule has 1 rings (SSSR count). The minimum absolute atomic E-state index is 0.160. The molecule has 0 fully saturated rings. The van der Waals surface area contributed by atoms with Gasteiger partial charge in [0.1, 0.15) is 5.75 Å². The molecule has 15 heavy (non-hydrogen) atoms. The zero-order chi connectivity index (χ0) is 11.3. The van der Waals surface area contributed by atoms with Crippen LogP contribution in [0.25, 0.3) is 0 Å². The molecule has 0 aliphatic carbocycles. The molecule has 0 aromatic heterocycles. The first-order chi connectivity index (χ1) is 7.11. The highest BCUT2D eigenvalue weighted by Crippen LogP contribution is 2.13. The average molecular weight is 208 g/mol. The third-order valence-corrected chi connectivity index (χ3v) is 1.86. The lowest BCUT2D eigenvalue weighted by Gasteiger charge is -2.08. The summed E-state index contributed by atoms with van der Waals surface area (Å²) in [5.74, 6) is 0.512. The fraction of sp³-hybridized carbons (Fsp3) is 0.417. The number of rotatable bonds is 3. The van der Waals surface area contributed by atoms with E-state index in [0.717, 1.165) is 6.42 Å². The van der Waals surface area contributed by atoms with Gasteiger partial charge in [0.2, 0.25) is 0 Å². The van der Waals surface area contributed by atoms with Crippen LogP contribution in [0, 0.1) is 0 Å². The summed E-state index contributed by atoms with van der Waals surface area (Å²) in [7, 11) is 0. The second-order valence-corrected chi connectivity index (χ2v) is 3.52. The molecule has 3 nitrogen and oxygen atoms in total. The molecule has 0 amide bonds. The van der Waals surface area contributed by atoms with Crippen LogP contribution < -0.4 is 4.74 Å². The normalized spacial score (nSPS) is 10.1. The van der Waals surface area contributed by atoms with Crippen LogP contribution >= 0.6 is 0 Å². The van der Waals surface area contributed by atoms with E-state index in [-0.39, 0.29) is 6.10 Å². The second kappa shape index (κ2) is 5.39. The van der Waals surface area contributed by atoms with Gasteiger partial charge in [0.25, 0.3) is 0 Å². The van der Waals surface area contributed by atoms with Crippen LogP contribution in [0.15, 0.2) is 24.3 Å². The van der Waals surface area contributed by atoms with E-state index in [9.17, 15) is 4.79 Å². The number of carbonyl (C=O) groups is 1. The summed E-state index contributed by atoms with van der Waals surface area (Å²) in [5.41, 5.74) is 1.21. The van der Waals surface area contributed by atoms with E-state index in [4.69, 9.17) is 9.47 Å². The predicted molar refractivity (Wildman–Crippen MR) is 58.1 cm³/mol. The van der Waals surface area contributed by atoms with Gasteiger partial charge in [-0.05, 0) is 38.0 Å². The maximum absolute atomic E-state index is 11.1. The van der Waals surface area contributed by atoms with Crippen LogP contribution in [-0.4, -0.2) is 12.3 Å². The SMILES string of the molecule is CCc1ccc(OC(=O)OC(C)C)cc1. The molecule has 82 valence electrons. The lowest BCUT2D eigenvalue weighted by atomic mass is 10.2. The number of benzene rings is 1. The topological polar surface area (TPSA) is 35.5 Å². The molecule has 0 saturated heterocycles. The van der Waals surface area contributed by atoms with E-state index in [0.29, 0.717) is 5.75 Å². The van der Waals surface area contributed by atoms with Gasteiger partial charge in [-0.15, -0.1) is 0 Å². The molecule has 0 heterocycles. The summed E-state index contributed by atoms with van der Waals surface area (Å²) in [4.78, 5) is 11.1. The Morgan fingerprint density at radius 3 is 2.33 bits per heavy atom. The first kappa shape index (κ1) is 11.6. The van der Waals surface area contributed by atoms with E-state index in [2.05, 4.69) is 6.92 Å². The Labute approximate surface area is 90.0 Å². The van der Waals surface area contributed by atoms with Gasteiger partial charge in [0.05, 0.1) is 6.10 Å². The first-order valence-corrected chi connectivity index (χ1v) is 5.09. The first-order valence-electron chi connectivity index (χ1n) is 5.09. The lowest BCUT2D eigenvalue weighted by Crippen LogP contribution is -2.15. The van der Waals surface area contributed by atoms with Crippen molar-refractivity contribution in [3.05, 3.63) is 29.8 Å². The molecule has 3 heteroatoms. The monoisotopic (exact) mass is 208 g/mol. The molecule has 1 aromatic rings. The molecule has 0 aliphatic heterocycles. The molecule has 0 N–H and O–H groups in total. The second-order valence-electron chi connectivity index (χ2n) is 3.52. The Morgan fingerprint density at radius 1 is 1.27 bits per heavy atom. The van der Waals surface area contributed by atoms with Crippen molar-refractivity contribution in [1.82, 2.24) is 0 Å². The minimum atomic E-state index is -0.658. The number of aryl methyl sites for hydroxylation is 1. The van der Waals surface area contributed by atoms with Gasteiger partial charge >= 0.3 is 6.16 Å². The molecule has 1 aromatic carbocycles. The quantitative estimate of drug-likeness (QED) is 0.565. The highest BCUT2D eigenvalue weighted by Gasteiger charge is 2.07. The van der Waals surface area contributed by atoms with Crippen molar-refractivity contribution in [2.45, 2.75) is 33.3 Å². The zero-order valence-electron chi connectivity index (χ0n) is 9.32. The van der Waals surface area contributed by atoms with Crippen LogP contribution in [0.5, 0.6) is 5.75 Å². The molecule has 0 bridgehead atoms. The number of ether oxygens (including phenoxy) is 2. The fourth-order valence-electron chi connectivity index (χ4n) is 1.11. The summed E-state index contributed by atoms with van der Waals surface area (Å²) in [6.07, 6.45) is 0.151. The van der Waals surface area contributed by atoms with Gasteiger partial charge in [0.15, 0.2) is 0 Å². The van der Waals surface area contributed by atoms with Crippen molar-refractivity contribution in [2.24, 2.45) is 0 Å². The van der Waals surface area contributed by atoms with Crippen LogP contribution in [0.2, 0.25) is 0 Å². The molecule has 0 unspecified atom stereocenters. The van der Waals surface area contributed by atoms with Crippen molar-refractivity contribution in [2.75, 3.05) is 0 Å². The van der Waals surface area contributed by atoms with E-state index in [1.807, 2.05) is 12.1 Å². The van der Waals surface area contributed by atoms with E-state index in [1.54, 1.807) is 26.0 Å². The minimum Gasteiger partial charge on any atom is -0.431 e. The lowest BCUT2D eigenvalue weighted by molar-refractivity contribution is 0.0729. The third kappa shape index (κ3) is 4.02. The van der Waals surface area contributed by atoms with Crippen molar-refractivity contribution in [3.8, 4) is 5.75 Å². The van der Waals surface area contributed by atoms with Gasteiger partial charge in [-0.3, -0.25) is 0 Å². The van der Waals surface area contributed by atoms with Gasteiger partial charge < -0.3 is 9.47 Å². The number of hydrogen-bond donors (Lipinski definition) is 0. The Morgan fingerprint density at radius 2 is 1.87 bits per heavy atom. The molecule has 0 radical (unpaired) electrons. The standard InChI is InChI=1S/C12H16O3/c1-4-10-5-7-11(8-6-10)15-12(13)14-9(2)3/h5-9H,4H2,1-3H3. The van der Waals surface area contributed by atoms with Crippen molar-refractivity contribution < 1.29 is 14.3 Å². The highest BCUT2D eigenvalue weighted by atomic mass is 16.7. The average Bonchev–Trinajstić information content (AvgIpc) is 2.17. The highest BCUT2D eigenvalue weighted by molar-refractivity contribution is 5.63. The molecule has 0 aliphatic rings. The smallest absolute Gasteiger partial charge is 0.431 e. The molecule has 0 atom stereocenters. The van der Waals surface area contributed by atoms with Crippen LogP contribution in [0.1, 0.15) is 26.3 Å². The third-order valence-electron chi connectivity index (χ3n) is 1.86. The Balaban J connectivity index is 2.53. The van der Waals surface area contributed by atoms with E-state index >= 15 is 0 Å². The number of carbonyl (C=O) groups excluding carboxylic acids is 1. The van der Waals surface area contributed by atoms with Gasteiger partial charge in [-0.2, -0.15) is 0 Å². The summed E-state index contributed by atoms with van der Waals surface area (Å²) in [5, 5.41) is 0. The maximum atomic E-state index is 11.1. The van der Waals surface area contributed by atoms with Crippen molar-refractivity contribution in [1.29, 1.82) is 0 Å². The van der Waals surface area contributed by atoms with Crippen LogP contribution in [0.4, 0.5) is 4.79 Å². The zero-order valence-corrected chi connectivity index (χ0v) is 9.32. The van der Waals surface area contributed by atoms with Crippen molar-refractivity contribution in [3.63, 3.8) is 0 Å². The van der Waals surface area contributed by atoms with Crippen LogP contribution in [0.3, 0.4) is 0 Å². The fourth-order valence-corrected chi connectivity index (χ4v) is 1.11. The summed E-state index contributed by atoms with van der Waals surface area (Å²) >= 11 is 0. The van der Waals surface area contributed by atoms with E-state index < -0.39 is 6.16 Å². The Kier molecular flexibility index (Phi) is 4.16. The largest absolute Gasteiger partial charge is 0.514 e.